The van der Waals surface area contributed by atoms with Crippen LogP contribution in [0.3, 0.4) is 0 Å². The summed E-state index contributed by atoms with van der Waals surface area (Å²) in [5.74, 6) is 0.497. The highest BCUT2D eigenvalue weighted by Gasteiger charge is 2.23. The quantitative estimate of drug-likeness (QED) is 0.817. The van der Waals surface area contributed by atoms with Crippen LogP contribution in [-0.4, -0.2) is 51.6 Å². The zero-order valence-corrected chi connectivity index (χ0v) is 10.5. The third-order valence-corrected chi connectivity index (χ3v) is 2.91. The molecule has 1 amide bonds. The number of aliphatic hydroxyl groups is 1. The molecule has 0 spiro atoms. The number of β-amino-alcohol motifs (C(OH)–C–C–N with tert-alkyl or cyclic N) is 1. The number of aromatic nitrogens is 2. The smallest absolute Gasteiger partial charge is 0.274 e. The van der Waals surface area contributed by atoms with E-state index < -0.39 is 6.10 Å². The van der Waals surface area contributed by atoms with E-state index in [0.29, 0.717) is 24.6 Å². The fraction of sp³-hybridized carbons (Fsp3) is 0.583. The van der Waals surface area contributed by atoms with Crippen molar-refractivity contribution in [2.75, 3.05) is 25.0 Å². The number of amides is 1. The van der Waals surface area contributed by atoms with Gasteiger partial charge in [0.05, 0.1) is 18.5 Å². The molecule has 1 saturated heterocycles. The van der Waals surface area contributed by atoms with Crippen molar-refractivity contribution in [3.8, 4) is 0 Å². The number of piperidine rings is 1. The average Bonchev–Trinajstić information content (AvgIpc) is 2.39. The third-order valence-electron chi connectivity index (χ3n) is 2.91. The van der Waals surface area contributed by atoms with Gasteiger partial charge in [-0.15, -0.1) is 0 Å². The van der Waals surface area contributed by atoms with E-state index in [-0.39, 0.29) is 5.91 Å². The Morgan fingerprint density at radius 2 is 2.39 bits per heavy atom. The Labute approximate surface area is 106 Å². The third kappa shape index (κ3) is 2.95. The second-order valence-electron chi connectivity index (χ2n) is 4.36. The van der Waals surface area contributed by atoms with Crippen LogP contribution in [-0.2, 0) is 0 Å². The van der Waals surface area contributed by atoms with Gasteiger partial charge in [-0.3, -0.25) is 4.79 Å². The molecule has 1 aliphatic rings. The fourth-order valence-electron chi connectivity index (χ4n) is 2.01. The zero-order chi connectivity index (χ0) is 13.0. The molecule has 18 heavy (non-hydrogen) atoms. The first-order valence-electron chi connectivity index (χ1n) is 6.24. The summed E-state index contributed by atoms with van der Waals surface area (Å²) in [6.45, 7) is 3.79. The van der Waals surface area contributed by atoms with Crippen molar-refractivity contribution >= 4 is 11.7 Å². The Hall–Kier alpha value is -1.69. The number of hydrogen-bond acceptors (Lipinski definition) is 5. The van der Waals surface area contributed by atoms with Crippen molar-refractivity contribution in [3.05, 3.63) is 18.1 Å². The van der Waals surface area contributed by atoms with E-state index >= 15 is 0 Å². The molecule has 1 fully saturated rings. The van der Waals surface area contributed by atoms with E-state index in [1.54, 1.807) is 11.1 Å². The van der Waals surface area contributed by atoms with E-state index in [2.05, 4.69) is 15.3 Å². The van der Waals surface area contributed by atoms with Gasteiger partial charge in [0.2, 0.25) is 0 Å². The van der Waals surface area contributed by atoms with Gasteiger partial charge in [-0.2, -0.15) is 0 Å². The van der Waals surface area contributed by atoms with E-state index in [9.17, 15) is 9.90 Å². The molecule has 0 bridgehead atoms. The van der Waals surface area contributed by atoms with Gasteiger partial charge in [0.15, 0.2) is 0 Å². The molecule has 0 radical (unpaired) electrons. The summed E-state index contributed by atoms with van der Waals surface area (Å²) in [6.07, 6.45) is 4.19. The molecule has 6 heteroatoms. The molecule has 0 saturated carbocycles. The standard InChI is InChI=1S/C12H18N4O2/c1-2-13-11-7-14-10(6-15-11)12(18)16-5-3-4-9(17)8-16/h6-7,9,17H,2-5,8H2,1H3,(H,13,15). The van der Waals surface area contributed by atoms with Gasteiger partial charge in [-0.1, -0.05) is 0 Å². The maximum atomic E-state index is 12.1. The molecule has 98 valence electrons. The zero-order valence-electron chi connectivity index (χ0n) is 10.5. The highest BCUT2D eigenvalue weighted by Crippen LogP contribution is 2.12. The molecule has 6 nitrogen and oxygen atoms in total. The molecule has 1 aliphatic heterocycles. The number of nitrogens with one attached hydrogen (secondary N) is 1. The Morgan fingerprint density at radius 1 is 1.56 bits per heavy atom. The van der Waals surface area contributed by atoms with Crippen LogP contribution in [0.1, 0.15) is 30.3 Å². The summed E-state index contributed by atoms with van der Waals surface area (Å²) in [4.78, 5) is 22.0. The molecule has 1 aromatic heterocycles. The van der Waals surface area contributed by atoms with Gasteiger partial charge in [0.25, 0.3) is 5.91 Å². The van der Waals surface area contributed by atoms with E-state index in [1.807, 2.05) is 6.92 Å². The Balaban J connectivity index is 2.03. The van der Waals surface area contributed by atoms with Crippen LogP contribution in [0.5, 0.6) is 0 Å². The first kappa shape index (κ1) is 12.8. The first-order chi connectivity index (χ1) is 8.70. The molecule has 1 atom stereocenters. The Morgan fingerprint density at radius 3 is 3.00 bits per heavy atom. The van der Waals surface area contributed by atoms with Crippen molar-refractivity contribution in [1.82, 2.24) is 14.9 Å². The van der Waals surface area contributed by atoms with Gasteiger partial charge in [0.1, 0.15) is 11.5 Å². The summed E-state index contributed by atoms with van der Waals surface area (Å²) in [5, 5.41) is 12.6. The summed E-state index contributed by atoms with van der Waals surface area (Å²) in [5.41, 5.74) is 0.325. The molecular formula is C12H18N4O2. The number of hydrogen-bond donors (Lipinski definition) is 2. The number of anilines is 1. The van der Waals surface area contributed by atoms with Gasteiger partial charge in [0, 0.05) is 19.6 Å². The van der Waals surface area contributed by atoms with Crippen LogP contribution in [0.25, 0.3) is 0 Å². The normalized spacial score (nSPS) is 19.7. The molecule has 2 N–H and O–H groups in total. The van der Waals surface area contributed by atoms with E-state index in [4.69, 9.17) is 0 Å². The predicted molar refractivity (Wildman–Crippen MR) is 67.3 cm³/mol. The lowest BCUT2D eigenvalue weighted by molar-refractivity contribution is 0.0468. The summed E-state index contributed by atoms with van der Waals surface area (Å²) >= 11 is 0. The van der Waals surface area contributed by atoms with Gasteiger partial charge in [-0.25, -0.2) is 9.97 Å². The second kappa shape index (κ2) is 5.77. The van der Waals surface area contributed by atoms with Crippen molar-refractivity contribution < 1.29 is 9.90 Å². The van der Waals surface area contributed by atoms with Crippen LogP contribution in [0, 0.1) is 0 Å². The molecular weight excluding hydrogens is 232 g/mol. The number of carbonyl (C=O) groups excluding carboxylic acids is 1. The predicted octanol–water partition coefficient (Wildman–Crippen LogP) is 0.505. The number of rotatable bonds is 3. The monoisotopic (exact) mass is 250 g/mol. The van der Waals surface area contributed by atoms with Crippen LogP contribution in [0.4, 0.5) is 5.82 Å². The van der Waals surface area contributed by atoms with Gasteiger partial charge >= 0.3 is 0 Å². The SMILES string of the molecule is CCNc1cnc(C(=O)N2CCCC(O)C2)cn1. The average molecular weight is 250 g/mol. The van der Waals surface area contributed by atoms with E-state index in [1.165, 1.54) is 6.20 Å². The molecule has 2 rings (SSSR count). The lowest BCUT2D eigenvalue weighted by atomic mass is 10.1. The highest BCUT2D eigenvalue weighted by molar-refractivity contribution is 5.92. The molecule has 0 aliphatic carbocycles. The first-order valence-corrected chi connectivity index (χ1v) is 6.24. The molecule has 1 aromatic rings. The fourth-order valence-corrected chi connectivity index (χ4v) is 2.01. The lowest BCUT2D eigenvalue weighted by Gasteiger charge is -2.29. The van der Waals surface area contributed by atoms with Gasteiger partial charge in [-0.05, 0) is 19.8 Å². The van der Waals surface area contributed by atoms with Crippen molar-refractivity contribution in [1.29, 1.82) is 0 Å². The second-order valence-corrected chi connectivity index (χ2v) is 4.36. The Kier molecular flexibility index (Phi) is 4.09. The molecule has 1 unspecified atom stereocenters. The maximum absolute atomic E-state index is 12.1. The van der Waals surface area contributed by atoms with E-state index in [0.717, 1.165) is 19.4 Å². The largest absolute Gasteiger partial charge is 0.391 e. The minimum Gasteiger partial charge on any atom is -0.391 e. The summed E-state index contributed by atoms with van der Waals surface area (Å²) in [6, 6.07) is 0. The van der Waals surface area contributed by atoms with Crippen molar-refractivity contribution in [2.24, 2.45) is 0 Å². The van der Waals surface area contributed by atoms with Crippen LogP contribution < -0.4 is 5.32 Å². The maximum Gasteiger partial charge on any atom is 0.274 e. The van der Waals surface area contributed by atoms with Gasteiger partial charge < -0.3 is 15.3 Å². The topological polar surface area (TPSA) is 78.4 Å². The number of nitrogens with zero attached hydrogens (tertiary/aromatic N) is 3. The summed E-state index contributed by atoms with van der Waals surface area (Å²) < 4.78 is 0. The lowest BCUT2D eigenvalue weighted by Crippen LogP contribution is -2.42. The summed E-state index contributed by atoms with van der Waals surface area (Å²) in [7, 11) is 0. The number of carbonyl (C=O) groups is 1. The van der Waals surface area contributed by atoms with Crippen LogP contribution >= 0.6 is 0 Å². The molecule has 2 heterocycles. The number of likely N-dealkylation sites (tertiary alicyclic amines) is 1. The number of aliphatic hydroxyl groups excluding tert-OH is 1. The minimum absolute atomic E-state index is 0.163. The minimum atomic E-state index is -0.420. The van der Waals surface area contributed by atoms with Crippen LogP contribution in [0.2, 0.25) is 0 Å². The van der Waals surface area contributed by atoms with Crippen molar-refractivity contribution in [2.45, 2.75) is 25.9 Å². The molecule has 0 aromatic carbocycles. The van der Waals surface area contributed by atoms with Crippen LogP contribution in [0.15, 0.2) is 12.4 Å². The van der Waals surface area contributed by atoms with Crippen molar-refractivity contribution in [3.63, 3.8) is 0 Å². The Bertz CT molecular complexity index is 407. The highest BCUT2D eigenvalue weighted by atomic mass is 16.3.